The first-order valence-electron chi connectivity index (χ1n) is 12.4. The monoisotopic (exact) mass is 498 g/mol. The number of pyridine rings is 1. The lowest BCUT2D eigenvalue weighted by Crippen LogP contribution is -2.34. The van der Waals surface area contributed by atoms with E-state index in [0.29, 0.717) is 24.4 Å². The second-order valence-corrected chi connectivity index (χ2v) is 8.98. The van der Waals surface area contributed by atoms with Crippen LogP contribution in [-0.2, 0) is 19.5 Å². The summed E-state index contributed by atoms with van der Waals surface area (Å²) in [5, 5.41) is 13.5. The molecule has 1 atom stereocenters. The van der Waals surface area contributed by atoms with Gasteiger partial charge in [-0.2, -0.15) is 0 Å². The molecule has 0 fully saturated rings. The van der Waals surface area contributed by atoms with Crippen LogP contribution in [0.3, 0.4) is 0 Å². The minimum absolute atomic E-state index is 0.0976. The number of nitrogens with one attached hydrogen (secondary N) is 1. The molecule has 0 aliphatic heterocycles. The summed E-state index contributed by atoms with van der Waals surface area (Å²) in [6, 6.07) is 21.7. The largest absolute Gasteiger partial charge is 0.497 e. The molecule has 0 spiro atoms. The molecule has 2 aromatic carbocycles. The number of fused-ring (bicyclic) bond motifs is 1. The van der Waals surface area contributed by atoms with Crippen molar-refractivity contribution in [3.05, 3.63) is 106 Å². The number of H-pyrrole nitrogens is 1. The number of furan rings is 1. The van der Waals surface area contributed by atoms with Gasteiger partial charge < -0.3 is 14.1 Å². The van der Waals surface area contributed by atoms with Gasteiger partial charge in [0, 0.05) is 24.7 Å². The summed E-state index contributed by atoms with van der Waals surface area (Å²) in [6.07, 6.45) is 3.25. The highest BCUT2D eigenvalue weighted by atomic mass is 16.5. The number of hydrogen-bond donors (Lipinski definition) is 1. The molecular weight excluding hydrogens is 468 g/mol. The SMILES string of the molecule is CC[C@H](c1nnnn1Cc1ccco1)N(CCc1ccccc1)Cc1cc2ccc(OC)cc2[nH]c1=O. The zero-order valence-electron chi connectivity index (χ0n) is 21.0. The molecule has 5 aromatic rings. The van der Waals surface area contributed by atoms with Crippen LogP contribution < -0.4 is 10.3 Å². The third-order valence-corrected chi connectivity index (χ3v) is 6.60. The lowest BCUT2D eigenvalue weighted by molar-refractivity contribution is 0.172. The second-order valence-electron chi connectivity index (χ2n) is 8.98. The predicted octanol–water partition coefficient (Wildman–Crippen LogP) is 4.36. The van der Waals surface area contributed by atoms with Crippen LogP contribution in [0.5, 0.6) is 5.75 Å². The summed E-state index contributed by atoms with van der Waals surface area (Å²) < 4.78 is 12.6. The molecule has 9 nitrogen and oxygen atoms in total. The van der Waals surface area contributed by atoms with Crippen LogP contribution in [0.15, 0.2) is 82.2 Å². The van der Waals surface area contributed by atoms with Gasteiger partial charge in [-0.25, -0.2) is 4.68 Å². The average Bonchev–Trinajstić information content (AvgIpc) is 3.61. The van der Waals surface area contributed by atoms with Crippen molar-refractivity contribution in [1.82, 2.24) is 30.1 Å². The van der Waals surface area contributed by atoms with E-state index in [1.165, 1.54) is 5.56 Å². The van der Waals surface area contributed by atoms with E-state index < -0.39 is 0 Å². The molecule has 3 aromatic heterocycles. The number of nitrogens with zero attached hydrogens (tertiary/aromatic N) is 5. The maximum Gasteiger partial charge on any atom is 0.252 e. The Bertz CT molecular complexity index is 1490. The maximum absolute atomic E-state index is 13.1. The van der Waals surface area contributed by atoms with Crippen LogP contribution >= 0.6 is 0 Å². The van der Waals surface area contributed by atoms with Crippen LogP contribution in [0.4, 0.5) is 0 Å². The molecule has 0 saturated heterocycles. The minimum atomic E-state index is -0.115. The van der Waals surface area contributed by atoms with Gasteiger partial charge >= 0.3 is 0 Å². The first kappa shape index (κ1) is 24.5. The van der Waals surface area contributed by atoms with Gasteiger partial charge in [0.15, 0.2) is 5.82 Å². The number of tetrazole rings is 1. The van der Waals surface area contributed by atoms with Crippen LogP contribution in [0.1, 0.15) is 42.1 Å². The van der Waals surface area contributed by atoms with Crippen LogP contribution in [0.25, 0.3) is 10.9 Å². The molecule has 0 aliphatic rings. The number of benzene rings is 2. The smallest absolute Gasteiger partial charge is 0.252 e. The fourth-order valence-corrected chi connectivity index (χ4v) is 4.67. The Kier molecular flexibility index (Phi) is 7.41. The van der Waals surface area contributed by atoms with E-state index in [1.807, 2.05) is 54.6 Å². The van der Waals surface area contributed by atoms with Gasteiger partial charge in [0.1, 0.15) is 18.1 Å². The van der Waals surface area contributed by atoms with E-state index in [4.69, 9.17) is 9.15 Å². The summed E-state index contributed by atoms with van der Waals surface area (Å²) in [5.41, 5.74) is 2.56. The second kappa shape index (κ2) is 11.2. The summed E-state index contributed by atoms with van der Waals surface area (Å²) in [5.74, 6) is 2.23. The molecule has 0 amide bonds. The standard InChI is InChI=1S/C28H30N6O3/c1-3-26(27-30-31-32-34(27)19-24-10-7-15-37-24)33(14-13-20-8-5-4-6-9-20)18-22-16-21-11-12-23(36-2)17-25(21)29-28(22)35/h4-12,15-17,26H,3,13-14,18-19H2,1-2H3,(H,29,35)/t26-/m1/s1. The Morgan fingerprint density at radius 3 is 2.73 bits per heavy atom. The highest BCUT2D eigenvalue weighted by Crippen LogP contribution is 2.26. The van der Waals surface area contributed by atoms with E-state index >= 15 is 0 Å². The normalized spacial score (nSPS) is 12.3. The molecule has 9 heteroatoms. The first-order valence-corrected chi connectivity index (χ1v) is 12.4. The summed E-state index contributed by atoms with van der Waals surface area (Å²) >= 11 is 0. The molecule has 0 bridgehead atoms. The van der Waals surface area contributed by atoms with Crippen LogP contribution in [0, 0.1) is 0 Å². The number of rotatable bonds is 11. The summed E-state index contributed by atoms with van der Waals surface area (Å²) in [7, 11) is 1.61. The quantitative estimate of drug-likeness (QED) is 0.289. The molecule has 37 heavy (non-hydrogen) atoms. The Balaban J connectivity index is 1.47. The molecule has 3 heterocycles. The third kappa shape index (κ3) is 5.62. The molecule has 0 unspecified atom stereocenters. The number of aromatic nitrogens is 5. The zero-order valence-corrected chi connectivity index (χ0v) is 21.0. The van der Waals surface area contributed by atoms with E-state index in [-0.39, 0.29) is 11.6 Å². The predicted molar refractivity (Wildman–Crippen MR) is 140 cm³/mol. The van der Waals surface area contributed by atoms with Gasteiger partial charge in [0.25, 0.3) is 5.56 Å². The molecule has 0 saturated carbocycles. The van der Waals surface area contributed by atoms with Crippen molar-refractivity contribution in [3.63, 3.8) is 0 Å². The maximum atomic E-state index is 13.1. The summed E-state index contributed by atoms with van der Waals surface area (Å²) in [4.78, 5) is 18.5. The van der Waals surface area contributed by atoms with Crippen molar-refractivity contribution >= 4 is 10.9 Å². The molecule has 1 N–H and O–H groups in total. The minimum Gasteiger partial charge on any atom is -0.497 e. The Morgan fingerprint density at radius 1 is 1.11 bits per heavy atom. The Labute approximate surface area is 214 Å². The first-order chi connectivity index (χ1) is 18.1. The van der Waals surface area contributed by atoms with Gasteiger partial charge in [-0.05, 0) is 64.5 Å². The number of ether oxygens (including phenoxy) is 1. The molecule has 0 aliphatic carbocycles. The van der Waals surface area contributed by atoms with Crippen molar-refractivity contribution in [2.45, 2.75) is 38.9 Å². The van der Waals surface area contributed by atoms with Gasteiger partial charge in [-0.3, -0.25) is 9.69 Å². The fourth-order valence-electron chi connectivity index (χ4n) is 4.67. The van der Waals surface area contributed by atoms with Crippen molar-refractivity contribution in [1.29, 1.82) is 0 Å². The average molecular weight is 499 g/mol. The molecule has 5 rings (SSSR count). The Hall–Kier alpha value is -4.24. The van der Waals surface area contributed by atoms with Crippen molar-refractivity contribution < 1.29 is 9.15 Å². The number of methoxy groups -OCH3 is 1. The highest BCUT2D eigenvalue weighted by Gasteiger charge is 2.26. The Morgan fingerprint density at radius 2 is 1.97 bits per heavy atom. The van der Waals surface area contributed by atoms with Crippen molar-refractivity contribution in [2.75, 3.05) is 13.7 Å². The van der Waals surface area contributed by atoms with Crippen LogP contribution in [0.2, 0.25) is 0 Å². The lowest BCUT2D eigenvalue weighted by atomic mass is 10.1. The number of aromatic amines is 1. The topological polar surface area (TPSA) is 102 Å². The molecule has 0 radical (unpaired) electrons. The van der Waals surface area contributed by atoms with E-state index in [0.717, 1.165) is 41.9 Å². The lowest BCUT2D eigenvalue weighted by Gasteiger charge is -2.30. The van der Waals surface area contributed by atoms with E-state index in [1.54, 1.807) is 18.1 Å². The summed E-state index contributed by atoms with van der Waals surface area (Å²) in [6.45, 7) is 3.74. The van der Waals surface area contributed by atoms with Crippen molar-refractivity contribution in [3.8, 4) is 5.75 Å². The van der Waals surface area contributed by atoms with Gasteiger partial charge in [0.2, 0.25) is 0 Å². The third-order valence-electron chi connectivity index (χ3n) is 6.60. The van der Waals surface area contributed by atoms with Crippen LogP contribution in [-0.4, -0.2) is 43.7 Å². The van der Waals surface area contributed by atoms with Gasteiger partial charge in [-0.1, -0.05) is 37.3 Å². The fraction of sp³-hybridized carbons (Fsp3) is 0.286. The van der Waals surface area contributed by atoms with E-state index in [2.05, 4.69) is 44.5 Å². The highest BCUT2D eigenvalue weighted by molar-refractivity contribution is 5.80. The molecule has 190 valence electrons. The van der Waals surface area contributed by atoms with E-state index in [9.17, 15) is 4.79 Å². The number of hydrogen-bond acceptors (Lipinski definition) is 7. The molecular formula is C28H30N6O3. The van der Waals surface area contributed by atoms with Gasteiger partial charge in [-0.15, -0.1) is 5.10 Å². The van der Waals surface area contributed by atoms with Crippen molar-refractivity contribution in [2.24, 2.45) is 0 Å². The van der Waals surface area contributed by atoms with Gasteiger partial charge in [0.05, 0.1) is 24.9 Å². The zero-order chi connectivity index (χ0) is 25.6.